The van der Waals surface area contributed by atoms with Crippen molar-refractivity contribution >= 4 is 12.0 Å². The highest BCUT2D eigenvalue weighted by Gasteiger charge is 2.18. The van der Waals surface area contributed by atoms with E-state index in [2.05, 4.69) is 10.7 Å². The first-order valence-corrected chi connectivity index (χ1v) is 8.38. The smallest absolute Gasteiger partial charge is 0.422 e. The highest BCUT2D eigenvalue weighted by atomic mass is 16.6. The Bertz CT molecular complexity index is 353. The standard InChI is InChI=1S/C16H31N3O3/c1-16(2,3)22-15(21)18-19-12-8-4-6-10-14(20)17-11-7-5-9-13-19/h4-13H2,1-3H3,(H,17,20)(H,18,21). The van der Waals surface area contributed by atoms with Gasteiger partial charge in [0.15, 0.2) is 0 Å². The number of rotatable bonds is 1. The summed E-state index contributed by atoms with van der Waals surface area (Å²) in [6, 6.07) is 0. The van der Waals surface area contributed by atoms with Crippen LogP contribution in [0.15, 0.2) is 0 Å². The minimum atomic E-state index is -0.486. The quantitative estimate of drug-likeness (QED) is 0.780. The van der Waals surface area contributed by atoms with E-state index in [4.69, 9.17) is 4.74 Å². The monoisotopic (exact) mass is 313 g/mol. The average Bonchev–Trinajstić information content (AvgIpc) is 2.40. The number of carbonyl (C=O) groups excluding carboxylic acids is 2. The minimum Gasteiger partial charge on any atom is -0.443 e. The molecular formula is C16H31N3O3. The van der Waals surface area contributed by atoms with E-state index in [9.17, 15) is 9.59 Å². The van der Waals surface area contributed by atoms with Crippen LogP contribution in [0, 0.1) is 0 Å². The second-order valence-electron chi connectivity index (χ2n) is 6.82. The van der Waals surface area contributed by atoms with Gasteiger partial charge in [0.2, 0.25) is 5.91 Å². The van der Waals surface area contributed by atoms with Crippen LogP contribution in [-0.4, -0.2) is 42.2 Å². The Balaban J connectivity index is 2.42. The van der Waals surface area contributed by atoms with Crippen LogP contribution in [0.25, 0.3) is 0 Å². The molecule has 1 fully saturated rings. The second kappa shape index (κ2) is 9.66. The zero-order chi connectivity index (χ0) is 16.4. The van der Waals surface area contributed by atoms with Crippen molar-refractivity contribution in [2.24, 2.45) is 0 Å². The van der Waals surface area contributed by atoms with E-state index >= 15 is 0 Å². The average molecular weight is 313 g/mol. The summed E-state index contributed by atoms with van der Waals surface area (Å²) in [5, 5.41) is 4.89. The number of carbonyl (C=O) groups is 2. The molecule has 0 aromatic carbocycles. The Morgan fingerprint density at radius 3 is 2.36 bits per heavy atom. The maximum Gasteiger partial charge on any atom is 0.422 e. The Kier molecular flexibility index (Phi) is 8.24. The molecule has 6 heteroatoms. The summed E-state index contributed by atoms with van der Waals surface area (Å²) < 4.78 is 5.30. The molecule has 22 heavy (non-hydrogen) atoms. The lowest BCUT2D eigenvalue weighted by Crippen LogP contribution is -2.45. The van der Waals surface area contributed by atoms with Gasteiger partial charge in [0.05, 0.1) is 0 Å². The lowest BCUT2D eigenvalue weighted by Gasteiger charge is -2.26. The number of hydrogen-bond donors (Lipinski definition) is 2. The van der Waals surface area contributed by atoms with E-state index in [1.807, 2.05) is 25.8 Å². The molecule has 128 valence electrons. The first-order valence-electron chi connectivity index (χ1n) is 8.38. The molecule has 2 amide bonds. The van der Waals surface area contributed by atoms with E-state index in [1.165, 1.54) is 0 Å². The van der Waals surface area contributed by atoms with E-state index in [0.29, 0.717) is 6.42 Å². The largest absolute Gasteiger partial charge is 0.443 e. The predicted octanol–water partition coefficient (Wildman–Crippen LogP) is 2.59. The molecule has 1 aliphatic heterocycles. The van der Waals surface area contributed by atoms with Crippen LogP contribution in [0.5, 0.6) is 0 Å². The molecule has 0 bridgehead atoms. The van der Waals surface area contributed by atoms with Crippen molar-refractivity contribution in [1.82, 2.24) is 15.8 Å². The maximum absolute atomic E-state index is 11.9. The molecule has 0 aromatic heterocycles. The van der Waals surface area contributed by atoms with Crippen LogP contribution in [0.2, 0.25) is 0 Å². The molecule has 1 aliphatic rings. The summed E-state index contributed by atoms with van der Waals surface area (Å²) in [4.78, 5) is 23.4. The molecule has 0 atom stereocenters. The highest BCUT2D eigenvalue weighted by molar-refractivity contribution is 5.75. The molecule has 1 rings (SSSR count). The van der Waals surface area contributed by atoms with E-state index < -0.39 is 11.7 Å². The Labute approximate surface area is 133 Å². The van der Waals surface area contributed by atoms with Crippen molar-refractivity contribution < 1.29 is 14.3 Å². The molecule has 0 spiro atoms. The Hall–Kier alpha value is -1.30. The Morgan fingerprint density at radius 1 is 1.09 bits per heavy atom. The number of nitrogens with one attached hydrogen (secondary N) is 2. The van der Waals surface area contributed by atoms with Gasteiger partial charge >= 0.3 is 6.09 Å². The van der Waals surface area contributed by atoms with Gasteiger partial charge in [-0.1, -0.05) is 12.8 Å². The maximum atomic E-state index is 11.9. The molecule has 1 heterocycles. The van der Waals surface area contributed by atoms with Gasteiger partial charge in [-0.2, -0.15) is 0 Å². The zero-order valence-electron chi connectivity index (χ0n) is 14.2. The van der Waals surface area contributed by atoms with E-state index in [1.54, 1.807) is 0 Å². The van der Waals surface area contributed by atoms with Crippen LogP contribution in [0.4, 0.5) is 4.79 Å². The third kappa shape index (κ3) is 9.60. The van der Waals surface area contributed by atoms with Crippen molar-refractivity contribution in [3.8, 4) is 0 Å². The van der Waals surface area contributed by atoms with Crippen LogP contribution >= 0.6 is 0 Å². The number of ether oxygens (including phenoxy) is 1. The van der Waals surface area contributed by atoms with Crippen LogP contribution in [0.3, 0.4) is 0 Å². The van der Waals surface area contributed by atoms with Gasteiger partial charge < -0.3 is 10.1 Å². The number of amides is 2. The zero-order valence-corrected chi connectivity index (χ0v) is 14.2. The van der Waals surface area contributed by atoms with Gasteiger partial charge in [0.25, 0.3) is 0 Å². The minimum absolute atomic E-state index is 0.156. The first kappa shape index (κ1) is 18.7. The van der Waals surface area contributed by atoms with Gasteiger partial charge in [-0.3, -0.25) is 10.2 Å². The molecule has 0 radical (unpaired) electrons. The molecule has 2 N–H and O–H groups in total. The van der Waals surface area contributed by atoms with Crippen molar-refractivity contribution in [3.63, 3.8) is 0 Å². The fourth-order valence-electron chi connectivity index (χ4n) is 2.34. The van der Waals surface area contributed by atoms with E-state index in [-0.39, 0.29) is 5.91 Å². The van der Waals surface area contributed by atoms with Gasteiger partial charge in [-0.05, 0) is 46.5 Å². The molecule has 6 nitrogen and oxygen atoms in total. The van der Waals surface area contributed by atoms with Crippen LogP contribution in [-0.2, 0) is 9.53 Å². The first-order chi connectivity index (χ1) is 10.4. The molecule has 0 aromatic rings. The topological polar surface area (TPSA) is 70.7 Å². The third-order valence-electron chi connectivity index (χ3n) is 3.41. The summed E-state index contributed by atoms with van der Waals surface area (Å²) in [5.41, 5.74) is 2.36. The van der Waals surface area contributed by atoms with Crippen molar-refractivity contribution in [3.05, 3.63) is 0 Å². The number of hydrogen-bond acceptors (Lipinski definition) is 4. The molecule has 0 saturated carbocycles. The summed E-state index contributed by atoms with van der Waals surface area (Å²) in [5.74, 6) is 0.156. The SMILES string of the molecule is CC(C)(C)OC(=O)NN1CCCCCNC(=O)CCCCC1. The molecule has 0 aliphatic carbocycles. The van der Waals surface area contributed by atoms with Crippen molar-refractivity contribution in [2.75, 3.05) is 19.6 Å². The summed E-state index contributed by atoms with van der Waals surface area (Å²) in [6.45, 7) is 7.93. The van der Waals surface area contributed by atoms with Crippen molar-refractivity contribution in [2.45, 2.75) is 71.3 Å². The van der Waals surface area contributed by atoms with Gasteiger partial charge in [0, 0.05) is 26.1 Å². The summed E-state index contributed by atoms with van der Waals surface area (Å²) in [7, 11) is 0. The molecule has 1 saturated heterocycles. The molecule has 0 unspecified atom stereocenters. The summed E-state index contributed by atoms with van der Waals surface area (Å²) in [6.07, 6.45) is 6.05. The highest BCUT2D eigenvalue weighted by Crippen LogP contribution is 2.08. The van der Waals surface area contributed by atoms with Crippen LogP contribution in [0.1, 0.15) is 65.7 Å². The normalized spacial score (nSPS) is 20.0. The third-order valence-corrected chi connectivity index (χ3v) is 3.41. The van der Waals surface area contributed by atoms with E-state index in [0.717, 1.165) is 58.2 Å². The fraction of sp³-hybridized carbons (Fsp3) is 0.875. The van der Waals surface area contributed by atoms with Crippen LogP contribution < -0.4 is 10.7 Å². The Morgan fingerprint density at radius 2 is 1.73 bits per heavy atom. The van der Waals surface area contributed by atoms with Gasteiger partial charge in [0.1, 0.15) is 5.60 Å². The number of nitrogens with zero attached hydrogens (tertiary/aromatic N) is 1. The van der Waals surface area contributed by atoms with Gasteiger partial charge in [-0.25, -0.2) is 9.80 Å². The molecular weight excluding hydrogens is 282 g/mol. The summed E-state index contributed by atoms with van der Waals surface area (Å²) >= 11 is 0. The van der Waals surface area contributed by atoms with Crippen molar-refractivity contribution in [1.29, 1.82) is 0 Å². The fourth-order valence-corrected chi connectivity index (χ4v) is 2.34. The predicted molar refractivity (Wildman–Crippen MR) is 86.3 cm³/mol. The lowest BCUT2D eigenvalue weighted by atomic mass is 10.2. The number of hydrazine groups is 1. The van der Waals surface area contributed by atoms with Gasteiger partial charge in [-0.15, -0.1) is 0 Å². The second-order valence-corrected chi connectivity index (χ2v) is 6.82. The lowest BCUT2D eigenvalue weighted by molar-refractivity contribution is -0.121.